The van der Waals surface area contributed by atoms with Gasteiger partial charge in [-0.2, -0.15) is 0 Å². The molecule has 0 fully saturated rings. The number of hydrogen-bond donors (Lipinski definition) is 3. The molecule has 0 aliphatic rings. The van der Waals surface area contributed by atoms with Crippen LogP contribution >= 0.6 is 23.4 Å². The summed E-state index contributed by atoms with van der Waals surface area (Å²) in [5.41, 5.74) is 3.28. The second kappa shape index (κ2) is 14.2. The third-order valence-electron chi connectivity index (χ3n) is 5.89. The van der Waals surface area contributed by atoms with E-state index >= 15 is 0 Å². The van der Waals surface area contributed by atoms with Gasteiger partial charge in [0.05, 0.1) is 12.9 Å². The van der Waals surface area contributed by atoms with E-state index in [1.807, 2.05) is 25.1 Å². The third kappa shape index (κ3) is 8.73. The fourth-order valence-corrected chi connectivity index (χ4v) is 4.66. The molecule has 208 valence electrons. The molecular weight excluding hydrogens is 558 g/mol. The molecular formula is C32H28ClN3O4S. The fourth-order valence-electron chi connectivity index (χ4n) is 3.74. The first-order valence-corrected chi connectivity index (χ1v) is 14.0. The van der Waals surface area contributed by atoms with Gasteiger partial charge in [-0.3, -0.25) is 14.4 Å². The van der Waals surface area contributed by atoms with E-state index < -0.39 is 11.8 Å². The van der Waals surface area contributed by atoms with Crippen LogP contribution in [0.15, 0.2) is 108 Å². The lowest BCUT2D eigenvalue weighted by Gasteiger charge is -2.12. The molecule has 0 aromatic heterocycles. The molecule has 0 aliphatic heterocycles. The molecule has 4 aromatic carbocycles. The van der Waals surface area contributed by atoms with Gasteiger partial charge in [-0.15, -0.1) is 11.8 Å². The maximum atomic E-state index is 13.3. The van der Waals surface area contributed by atoms with Gasteiger partial charge in [0.2, 0.25) is 5.91 Å². The van der Waals surface area contributed by atoms with E-state index in [-0.39, 0.29) is 17.4 Å². The Morgan fingerprint density at radius 1 is 0.878 bits per heavy atom. The van der Waals surface area contributed by atoms with Crippen molar-refractivity contribution in [2.24, 2.45) is 0 Å². The number of benzene rings is 4. The molecule has 4 aromatic rings. The van der Waals surface area contributed by atoms with Crippen LogP contribution in [-0.4, -0.2) is 30.6 Å². The van der Waals surface area contributed by atoms with Gasteiger partial charge in [0.15, 0.2) is 0 Å². The summed E-state index contributed by atoms with van der Waals surface area (Å²) in [6.07, 6.45) is 1.59. The van der Waals surface area contributed by atoms with Crippen molar-refractivity contribution in [2.45, 2.75) is 11.8 Å². The number of rotatable bonds is 10. The predicted octanol–water partition coefficient (Wildman–Crippen LogP) is 6.80. The van der Waals surface area contributed by atoms with Gasteiger partial charge >= 0.3 is 0 Å². The molecule has 7 nitrogen and oxygen atoms in total. The number of nitrogens with one attached hydrogen (secondary N) is 3. The van der Waals surface area contributed by atoms with Crippen molar-refractivity contribution in [1.29, 1.82) is 0 Å². The van der Waals surface area contributed by atoms with E-state index in [0.29, 0.717) is 33.3 Å². The summed E-state index contributed by atoms with van der Waals surface area (Å²) in [5, 5.41) is 9.00. The average molecular weight is 586 g/mol. The summed E-state index contributed by atoms with van der Waals surface area (Å²) >= 11 is 7.38. The Morgan fingerprint density at radius 2 is 1.63 bits per heavy atom. The fraction of sp³-hybridized carbons (Fsp3) is 0.0938. The molecule has 0 saturated carbocycles. The molecule has 0 radical (unpaired) electrons. The van der Waals surface area contributed by atoms with Gasteiger partial charge in [-0.1, -0.05) is 54.1 Å². The van der Waals surface area contributed by atoms with Crippen LogP contribution in [0.25, 0.3) is 6.08 Å². The van der Waals surface area contributed by atoms with Crippen LogP contribution in [0.2, 0.25) is 5.02 Å². The Balaban J connectivity index is 1.46. The number of ether oxygens (including phenoxy) is 1. The molecule has 41 heavy (non-hydrogen) atoms. The first-order chi connectivity index (χ1) is 19.8. The zero-order chi connectivity index (χ0) is 29.2. The number of anilines is 2. The second-order valence-corrected chi connectivity index (χ2v) is 10.4. The smallest absolute Gasteiger partial charge is 0.272 e. The van der Waals surface area contributed by atoms with Gasteiger partial charge in [-0.05, 0) is 78.7 Å². The summed E-state index contributed by atoms with van der Waals surface area (Å²) in [6, 6.07) is 28.2. The zero-order valence-electron chi connectivity index (χ0n) is 22.4. The molecule has 3 N–H and O–H groups in total. The van der Waals surface area contributed by atoms with Crippen LogP contribution in [0.1, 0.15) is 21.5 Å². The topological polar surface area (TPSA) is 96.5 Å². The van der Waals surface area contributed by atoms with E-state index in [4.69, 9.17) is 16.3 Å². The van der Waals surface area contributed by atoms with Crippen molar-refractivity contribution in [3.8, 4) is 5.75 Å². The van der Waals surface area contributed by atoms with Crippen molar-refractivity contribution in [1.82, 2.24) is 5.32 Å². The summed E-state index contributed by atoms with van der Waals surface area (Å²) in [4.78, 5) is 39.5. The molecule has 0 aliphatic carbocycles. The van der Waals surface area contributed by atoms with Crippen LogP contribution in [0.4, 0.5) is 11.4 Å². The number of aryl methyl sites for hydroxylation is 1. The maximum Gasteiger partial charge on any atom is 0.272 e. The summed E-state index contributed by atoms with van der Waals surface area (Å²) < 4.78 is 5.21. The Hall–Kier alpha value is -4.53. The van der Waals surface area contributed by atoms with Gasteiger partial charge in [0.1, 0.15) is 11.4 Å². The minimum absolute atomic E-state index is 0.0679. The zero-order valence-corrected chi connectivity index (χ0v) is 24.0. The van der Waals surface area contributed by atoms with Crippen molar-refractivity contribution >= 4 is 58.5 Å². The second-order valence-electron chi connectivity index (χ2n) is 8.93. The minimum Gasteiger partial charge on any atom is -0.497 e. The monoisotopic (exact) mass is 585 g/mol. The highest BCUT2D eigenvalue weighted by Crippen LogP contribution is 2.24. The van der Waals surface area contributed by atoms with Crippen molar-refractivity contribution in [2.75, 3.05) is 23.5 Å². The van der Waals surface area contributed by atoms with Crippen LogP contribution in [0.5, 0.6) is 5.75 Å². The first kappa shape index (κ1) is 29.5. The molecule has 0 saturated heterocycles. The number of carbonyl (C=O) groups excluding carboxylic acids is 3. The first-order valence-electron chi connectivity index (χ1n) is 12.6. The Bertz CT molecular complexity index is 1570. The quantitative estimate of drug-likeness (QED) is 0.140. The van der Waals surface area contributed by atoms with Crippen LogP contribution < -0.4 is 20.7 Å². The number of hydrogen-bond acceptors (Lipinski definition) is 5. The normalized spacial score (nSPS) is 11.0. The van der Waals surface area contributed by atoms with E-state index in [1.54, 1.807) is 92.0 Å². The summed E-state index contributed by atoms with van der Waals surface area (Å²) in [6.45, 7) is 1.89. The summed E-state index contributed by atoms with van der Waals surface area (Å²) in [7, 11) is 1.57. The van der Waals surface area contributed by atoms with E-state index in [0.717, 1.165) is 10.5 Å². The summed E-state index contributed by atoms with van der Waals surface area (Å²) in [5.74, 6) is -0.249. The van der Waals surface area contributed by atoms with Gasteiger partial charge in [0, 0.05) is 26.9 Å². The van der Waals surface area contributed by atoms with E-state index in [1.165, 1.54) is 11.8 Å². The highest BCUT2D eigenvalue weighted by Gasteiger charge is 2.16. The van der Waals surface area contributed by atoms with Crippen LogP contribution in [0.3, 0.4) is 0 Å². The largest absolute Gasteiger partial charge is 0.497 e. The highest BCUT2D eigenvalue weighted by molar-refractivity contribution is 8.00. The van der Waals surface area contributed by atoms with Gasteiger partial charge in [0.25, 0.3) is 11.8 Å². The average Bonchev–Trinajstić information content (AvgIpc) is 2.98. The predicted molar refractivity (Wildman–Crippen MR) is 165 cm³/mol. The number of thioether (sulfide) groups is 1. The Labute approximate surface area is 248 Å². The molecule has 0 atom stereocenters. The Morgan fingerprint density at radius 3 is 2.37 bits per heavy atom. The number of methoxy groups -OCH3 is 1. The lowest BCUT2D eigenvalue weighted by Crippen LogP contribution is -2.30. The lowest BCUT2D eigenvalue weighted by molar-refractivity contribution is -0.114. The maximum absolute atomic E-state index is 13.3. The van der Waals surface area contributed by atoms with E-state index in [2.05, 4.69) is 16.0 Å². The SMILES string of the molecule is COc1ccc(/C=C(/NC(=O)c2ccccc2)C(=O)Nc2cccc(SCC(=O)Nc3cc(Cl)ccc3C)c2)cc1. The Kier molecular flexibility index (Phi) is 10.2. The number of halogens is 1. The molecule has 4 rings (SSSR count). The third-order valence-corrected chi connectivity index (χ3v) is 7.12. The number of carbonyl (C=O) groups is 3. The molecule has 0 bridgehead atoms. The van der Waals surface area contributed by atoms with Crippen LogP contribution in [-0.2, 0) is 9.59 Å². The molecule has 0 heterocycles. The van der Waals surface area contributed by atoms with Crippen molar-refractivity contribution in [3.05, 3.63) is 124 Å². The minimum atomic E-state index is -0.499. The molecule has 9 heteroatoms. The van der Waals surface area contributed by atoms with Gasteiger partial charge < -0.3 is 20.7 Å². The lowest BCUT2D eigenvalue weighted by atomic mass is 10.1. The van der Waals surface area contributed by atoms with E-state index in [9.17, 15) is 14.4 Å². The molecule has 0 spiro atoms. The van der Waals surface area contributed by atoms with Crippen LogP contribution in [0, 0.1) is 6.92 Å². The highest BCUT2D eigenvalue weighted by atomic mass is 35.5. The van der Waals surface area contributed by atoms with Crippen molar-refractivity contribution in [3.63, 3.8) is 0 Å². The molecule has 0 unspecified atom stereocenters. The molecule has 3 amide bonds. The standard InChI is InChI=1S/C32H28ClN3O4S/c1-21-11-14-24(33)18-28(21)35-30(37)20-41-27-10-6-9-25(19-27)34-32(39)29(17-22-12-15-26(40-2)16-13-22)36-31(38)23-7-4-3-5-8-23/h3-19H,20H2,1-2H3,(H,34,39)(H,35,37)(H,36,38)/b29-17+. The number of amides is 3. The van der Waals surface area contributed by atoms with Crippen molar-refractivity contribution < 1.29 is 19.1 Å². The van der Waals surface area contributed by atoms with Gasteiger partial charge in [-0.25, -0.2) is 0 Å².